The molecule has 1 fully saturated rings. The van der Waals surface area contributed by atoms with Crippen LogP contribution in [0.1, 0.15) is 42.8 Å². The molecule has 6 nitrogen and oxygen atoms in total. The Labute approximate surface area is 169 Å². The van der Waals surface area contributed by atoms with Crippen LogP contribution >= 0.6 is 0 Å². The number of aryl methyl sites for hydroxylation is 1. The number of pyridine rings is 1. The van der Waals surface area contributed by atoms with Crippen LogP contribution < -0.4 is 0 Å². The number of benzene rings is 1. The Morgan fingerprint density at radius 1 is 1.24 bits per heavy atom. The van der Waals surface area contributed by atoms with Crippen molar-refractivity contribution in [3.63, 3.8) is 0 Å². The van der Waals surface area contributed by atoms with Gasteiger partial charge in [-0.25, -0.2) is 9.97 Å². The van der Waals surface area contributed by atoms with Crippen LogP contribution in [0.3, 0.4) is 0 Å². The number of hydrogen-bond acceptors (Lipinski definition) is 4. The zero-order chi connectivity index (χ0) is 19.8. The molecule has 1 saturated heterocycles. The Morgan fingerprint density at radius 2 is 2.10 bits per heavy atom. The Balaban J connectivity index is 1.40. The highest BCUT2D eigenvalue weighted by Gasteiger charge is 2.25. The third-order valence-corrected chi connectivity index (χ3v) is 6.01. The van der Waals surface area contributed by atoms with Gasteiger partial charge in [-0.2, -0.15) is 5.26 Å². The summed E-state index contributed by atoms with van der Waals surface area (Å²) in [4.78, 5) is 15.1. The first-order valence-electron chi connectivity index (χ1n) is 10.3. The maximum absolute atomic E-state index is 9.12. The van der Waals surface area contributed by atoms with E-state index in [9.17, 15) is 0 Å². The van der Waals surface area contributed by atoms with Crippen LogP contribution in [0.2, 0.25) is 0 Å². The van der Waals surface area contributed by atoms with E-state index in [4.69, 9.17) is 10.2 Å². The first kappa shape index (κ1) is 17.9. The lowest BCUT2D eigenvalue weighted by Gasteiger charge is -2.33. The molecule has 0 amide bonds. The van der Waals surface area contributed by atoms with E-state index in [2.05, 4.69) is 44.6 Å². The largest absolute Gasteiger partial charge is 0.346 e. The summed E-state index contributed by atoms with van der Waals surface area (Å²) in [6.45, 7) is 5.17. The van der Waals surface area contributed by atoms with Gasteiger partial charge >= 0.3 is 0 Å². The van der Waals surface area contributed by atoms with Crippen LogP contribution in [-0.2, 0) is 13.0 Å². The molecule has 146 valence electrons. The predicted molar refractivity (Wildman–Crippen MR) is 113 cm³/mol. The summed E-state index contributed by atoms with van der Waals surface area (Å²) in [5, 5.41) is 10.3. The minimum Gasteiger partial charge on any atom is -0.346 e. The maximum Gasteiger partial charge on any atom is 0.139 e. The zero-order valence-electron chi connectivity index (χ0n) is 16.6. The fourth-order valence-electron chi connectivity index (χ4n) is 4.62. The number of hydrogen-bond donors (Lipinski definition) is 1. The lowest BCUT2D eigenvalue weighted by atomic mass is 10.0. The Hall–Kier alpha value is -3.17. The van der Waals surface area contributed by atoms with Crippen molar-refractivity contribution in [2.45, 2.75) is 38.8 Å². The predicted octanol–water partition coefficient (Wildman–Crippen LogP) is 4.18. The number of rotatable bonds is 4. The van der Waals surface area contributed by atoms with Crippen LogP contribution in [0.25, 0.3) is 22.1 Å². The summed E-state index contributed by atoms with van der Waals surface area (Å²) in [5.41, 5.74) is 5.08. The lowest BCUT2D eigenvalue weighted by Crippen LogP contribution is -2.34. The standard InChI is InChI=1S/C23H24N6/c1-2-21-27-20-14-26-23-19(6-9-25-23)22(20)29(21)18-7-10-28(11-8-18)15-17-5-3-4-16(12-17)13-24/h3-6,9,12,14,18H,2,7-8,10-11,15H2,1H3,(H,25,26). The SMILES string of the molecule is CCc1nc2cnc3[nH]ccc3c2n1C1CCN(Cc2cccc(C#N)c2)CC1. The Morgan fingerprint density at radius 3 is 2.90 bits per heavy atom. The van der Waals surface area contributed by atoms with Gasteiger partial charge in [0.2, 0.25) is 0 Å². The van der Waals surface area contributed by atoms with E-state index in [0.717, 1.165) is 66.8 Å². The molecule has 1 aliphatic rings. The topological polar surface area (TPSA) is 73.5 Å². The average molecular weight is 384 g/mol. The third-order valence-electron chi connectivity index (χ3n) is 6.01. The fraction of sp³-hybridized carbons (Fsp3) is 0.348. The number of nitriles is 1. The monoisotopic (exact) mass is 384 g/mol. The van der Waals surface area contributed by atoms with Crippen LogP contribution in [0.5, 0.6) is 0 Å². The fourth-order valence-corrected chi connectivity index (χ4v) is 4.62. The van der Waals surface area contributed by atoms with Crippen molar-refractivity contribution in [1.29, 1.82) is 5.26 Å². The van der Waals surface area contributed by atoms with Crippen molar-refractivity contribution in [3.05, 3.63) is 59.7 Å². The molecule has 0 saturated carbocycles. The second-order valence-electron chi connectivity index (χ2n) is 7.80. The number of aromatic amines is 1. The number of imidazole rings is 1. The lowest BCUT2D eigenvalue weighted by molar-refractivity contribution is 0.180. The van der Waals surface area contributed by atoms with Crippen molar-refractivity contribution in [3.8, 4) is 6.07 Å². The zero-order valence-corrected chi connectivity index (χ0v) is 16.6. The molecule has 4 heterocycles. The second-order valence-corrected chi connectivity index (χ2v) is 7.80. The van der Waals surface area contributed by atoms with Gasteiger partial charge in [0.15, 0.2) is 0 Å². The Bertz CT molecular complexity index is 1200. The van der Waals surface area contributed by atoms with E-state index in [1.807, 2.05) is 30.6 Å². The Kier molecular flexibility index (Phi) is 4.53. The van der Waals surface area contributed by atoms with Gasteiger partial charge in [0, 0.05) is 43.7 Å². The molecule has 0 aliphatic carbocycles. The van der Waals surface area contributed by atoms with Crippen molar-refractivity contribution in [2.75, 3.05) is 13.1 Å². The van der Waals surface area contributed by atoms with Gasteiger partial charge in [-0.1, -0.05) is 19.1 Å². The molecule has 1 aromatic carbocycles. The third kappa shape index (κ3) is 3.18. The van der Waals surface area contributed by atoms with E-state index in [1.54, 1.807) is 0 Å². The van der Waals surface area contributed by atoms with Crippen molar-refractivity contribution in [2.24, 2.45) is 0 Å². The molecule has 0 radical (unpaired) electrons. The summed E-state index contributed by atoms with van der Waals surface area (Å²) in [6.07, 6.45) is 6.97. The van der Waals surface area contributed by atoms with Crippen LogP contribution in [0.4, 0.5) is 0 Å². The van der Waals surface area contributed by atoms with Crippen LogP contribution in [-0.4, -0.2) is 37.5 Å². The smallest absolute Gasteiger partial charge is 0.139 e. The molecule has 0 spiro atoms. The first-order valence-corrected chi connectivity index (χ1v) is 10.3. The molecule has 1 aliphatic heterocycles. The van der Waals surface area contributed by atoms with Crippen LogP contribution in [0.15, 0.2) is 42.7 Å². The second kappa shape index (κ2) is 7.34. The van der Waals surface area contributed by atoms with Gasteiger partial charge in [-0.15, -0.1) is 0 Å². The molecule has 1 N–H and O–H groups in total. The summed E-state index contributed by atoms with van der Waals surface area (Å²) >= 11 is 0. The molecular weight excluding hydrogens is 360 g/mol. The van der Waals surface area contributed by atoms with E-state index in [1.165, 1.54) is 11.1 Å². The van der Waals surface area contributed by atoms with Crippen molar-refractivity contribution < 1.29 is 0 Å². The summed E-state index contributed by atoms with van der Waals surface area (Å²) in [5.74, 6) is 1.15. The van der Waals surface area contributed by atoms with E-state index in [-0.39, 0.29) is 0 Å². The summed E-state index contributed by atoms with van der Waals surface area (Å²) in [7, 11) is 0. The van der Waals surface area contributed by atoms with E-state index in [0.29, 0.717) is 6.04 Å². The van der Waals surface area contributed by atoms with E-state index < -0.39 is 0 Å². The van der Waals surface area contributed by atoms with Gasteiger partial charge in [-0.05, 0) is 36.6 Å². The number of nitrogens with zero attached hydrogens (tertiary/aromatic N) is 5. The van der Waals surface area contributed by atoms with Gasteiger partial charge < -0.3 is 9.55 Å². The molecule has 0 bridgehead atoms. The minimum absolute atomic E-state index is 0.456. The molecular formula is C23H24N6. The number of aromatic nitrogens is 4. The van der Waals surface area contributed by atoms with Gasteiger partial charge in [-0.3, -0.25) is 4.90 Å². The van der Waals surface area contributed by atoms with Gasteiger partial charge in [0.25, 0.3) is 0 Å². The summed E-state index contributed by atoms with van der Waals surface area (Å²) < 4.78 is 2.47. The number of fused-ring (bicyclic) bond motifs is 3. The number of likely N-dealkylation sites (tertiary alicyclic amines) is 1. The van der Waals surface area contributed by atoms with Crippen molar-refractivity contribution >= 4 is 22.1 Å². The number of piperidine rings is 1. The molecule has 29 heavy (non-hydrogen) atoms. The average Bonchev–Trinajstić information content (AvgIpc) is 3.38. The maximum atomic E-state index is 9.12. The van der Waals surface area contributed by atoms with Crippen molar-refractivity contribution in [1.82, 2.24) is 24.4 Å². The molecule has 5 rings (SSSR count). The molecule has 3 aromatic heterocycles. The molecule has 0 atom stereocenters. The summed E-state index contributed by atoms with van der Waals surface area (Å²) in [6, 6.07) is 12.8. The van der Waals surface area contributed by atoms with Gasteiger partial charge in [0.05, 0.1) is 23.3 Å². The van der Waals surface area contributed by atoms with Crippen LogP contribution in [0, 0.1) is 11.3 Å². The molecule has 6 heteroatoms. The highest BCUT2D eigenvalue weighted by molar-refractivity contribution is 6.01. The molecule has 0 unspecified atom stereocenters. The molecule has 4 aromatic rings. The highest BCUT2D eigenvalue weighted by Crippen LogP contribution is 2.32. The highest BCUT2D eigenvalue weighted by atomic mass is 15.2. The van der Waals surface area contributed by atoms with E-state index >= 15 is 0 Å². The number of H-pyrrole nitrogens is 1. The normalized spacial score (nSPS) is 15.9. The van der Waals surface area contributed by atoms with Gasteiger partial charge in [0.1, 0.15) is 17.0 Å². The number of nitrogens with one attached hydrogen (secondary N) is 1. The first-order chi connectivity index (χ1) is 14.3. The minimum atomic E-state index is 0.456. The quantitative estimate of drug-likeness (QED) is 0.573.